The van der Waals surface area contributed by atoms with Crippen LogP contribution in [0.1, 0.15) is 0 Å². The van der Waals surface area contributed by atoms with Gasteiger partial charge in [-0.1, -0.05) is 170 Å². The topological polar surface area (TPSA) is 3.24 Å². The molecule has 0 bridgehead atoms. The Morgan fingerprint density at radius 1 is 0.226 bits per heavy atom. The third-order valence-electron chi connectivity index (χ3n) is 10.6. The van der Waals surface area contributed by atoms with Gasteiger partial charge < -0.3 is 4.90 Å². The van der Waals surface area contributed by atoms with Gasteiger partial charge in [-0.15, -0.1) is 0 Å². The molecule has 0 aliphatic rings. The third-order valence-corrected chi connectivity index (χ3v) is 10.6. The molecule has 10 aromatic rings. The van der Waals surface area contributed by atoms with Gasteiger partial charge in [-0.25, -0.2) is 0 Å². The number of para-hydroxylation sites is 1. The first-order chi connectivity index (χ1) is 26.3. The quantitative estimate of drug-likeness (QED) is 0.159. The average Bonchev–Trinajstić information content (AvgIpc) is 3.24. The molecule has 1 nitrogen and oxygen atoms in total. The summed E-state index contributed by atoms with van der Waals surface area (Å²) < 4.78 is 0. The molecular weight excluding hydrogens is 639 g/mol. The molecule has 10 rings (SSSR count). The van der Waals surface area contributed by atoms with Crippen molar-refractivity contribution >= 4 is 60.2 Å². The van der Waals surface area contributed by atoms with E-state index in [9.17, 15) is 0 Å². The van der Waals surface area contributed by atoms with Crippen LogP contribution < -0.4 is 4.90 Å². The van der Waals surface area contributed by atoms with E-state index in [0.717, 1.165) is 17.1 Å². The number of hydrogen-bond acceptors (Lipinski definition) is 1. The second-order valence-corrected chi connectivity index (χ2v) is 13.7. The zero-order valence-electron chi connectivity index (χ0n) is 29.2. The van der Waals surface area contributed by atoms with Gasteiger partial charge >= 0.3 is 0 Å². The van der Waals surface area contributed by atoms with E-state index >= 15 is 0 Å². The number of benzene rings is 10. The molecule has 0 aromatic heterocycles. The second kappa shape index (κ2) is 13.0. The van der Waals surface area contributed by atoms with E-state index in [0.29, 0.717) is 0 Å². The summed E-state index contributed by atoms with van der Waals surface area (Å²) in [5, 5.41) is 10.2. The summed E-state index contributed by atoms with van der Waals surface area (Å²) >= 11 is 0. The zero-order chi connectivity index (χ0) is 35.1. The highest BCUT2D eigenvalue weighted by atomic mass is 15.1. The lowest BCUT2D eigenvalue weighted by molar-refractivity contribution is 1.28. The Morgan fingerprint density at radius 3 is 1.23 bits per heavy atom. The molecule has 0 spiro atoms. The van der Waals surface area contributed by atoms with Crippen molar-refractivity contribution in [1.29, 1.82) is 0 Å². The molecule has 0 atom stereocenters. The predicted molar refractivity (Wildman–Crippen MR) is 227 cm³/mol. The smallest absolute Gasteiger partial charge is 0.0462 e. The van der Waals surface area contributed by atoms with Gasteiger partial charge in [-0.05, 0) is 119 Å². The van der Waals surface area contributed by atoms with Crippen molar-refractivity contribution in [1.82, 2.24) is 0 Å². The Labute approximate surface area is 309 Å². The molecule has 0 N–H and O–H groups in total. The number of fused-ring (bicyclic) bond motifs is 6. The minimum Gasteiger partial charge on any atom is -0.311 e. The molecule has 0 aliphatic heterocycles. The van der Waals surface area contributed by atoms with Crippen LogP contribution in [0, 0.1) is 0 Å². The number of nitrogens with zero attached hydrogens (tertiary/aromatic N) is 1. The summed E-state index contributed by atoms with van der Waals surface area (Å²) in [6, 6.07) is 77.1. The van der Waals surface area contributed by atoms with Crippen molar-refractivity contribution in [2.75, 3.05) is 4.90 Å². The van der Waals surface area contributed by atoms with Gasteiger partial charge in [0.2, 0.25) is 0 Å². The lowest BCUT2D eigenvalue weighted by Gasteiger charge is -2.26. The largest absolute Gasteiger partial charge is 0.311 e. The highest BCUT2D eigenvalue weighted by molar-refractivity contribution is 6.21. The highest BCUT2D eigenvalue weighted by Gasteiger charge is 2.19. The van der Waals surface area contributed by atoms with Gasteiger partial charge in [0.15, 0.2) is 0 Å². The molecular formula is C52H35N. The maximum atomic E-state index is 2.35. The van der Waals surface area contributed by atoms with Gasteiger partial charge in [0.05, 0.1) is 0 Å². The van der Waals surface area contributed by atoms with Crippen molar-refractivity contribution in [3.63, 3.8) is 0 Å². The lowest BCUT2D eigenvalue weighted by Crippen LogP contribution is -2.09. The molecule has 0 radical (unpaired) electrons. The van der Waals surface area contributed by atoms with Crippen LogP contribution in [0.2, 0.25) is 0 Å². The maximum Gasteiger partial charge on any atom is 0.0462 e. The molecule has 0 fully saturated rings. The molecule has 0 unspecified atom stereocenters. The molecule has 10 aromatic carbocycles. The summed E-state index contributed by atoms with van der Waals surface area (Å²) in [7, 11) is 0. The lowest BCUT2D eigenvalue weighted by atomic mass is 9.85. The monoisotopic (exact) mass is 673 g/mol. The van der Waals surface area contributed by atoms with Gasteiger partial charge in [-0.3, -0.25) is 0 Å². The van der Waals surface area contributed by atoms with Crippen LogP contribution in [0.25, 0.3) is 76.5 Å². The molecule has 0 aliphatic carbocycles. The van der Waals surface area contributed by atoms with Crippen molar-refractivity contribution in [2.24, 2.45) is 0 Å². The first-order valence-corrected chi connectivity index (χ1v) is 18.3. The van der Waals surface area contributed by atoms with Crippen LogP contribution in [0.4, 0.5) is 17.1 Å². The number of anilines is 3. The summed E-state index contributed by atoms with van der Waals surface area (Å²) in [5.41, 5.74) is 10.7. The minimum atomic E-state index is 1.11. The zero-order valence-corrected chi connectivity index (χ0v) is 29.2. The van der Waals surface area contributed by atoms with E-state index < -0.39 is 0 Å². The molecule has 53 heavy (non-hydrogen) atoms. The van der Waals surface area contributed by atoms with E-state index in [2.05, 4.69) is 217 Å². The van der Waals surface area contributed by atoms with Crippen LogP contribution in [0.5, 0.6) is 0 Å². The average molecular weight is 674 g/mol. The van der Waals surface area contributed by atoms with Crippen molar-refractivity contribution in [3.8, 4) is 33.4 Å². The molecule has 248 valence electrons. The summed E-state index contributed by atoms with van der Waals surface area (Å²) in [4.78, 5) is 2.35. The Bertz CT molecular complexity index is 2910. The fourth-order valence-corrected chi connectivity index (χ4v) is 8.13. The molecule has 0 amide bonds. The van der Waals surface area contributed by atoms with Crippen molar-refractivity contribution in [3.05, 3.63) is 212 Å². The first kappa shape index (κ1) is 30.8. The van der Waals surface area contributed by atoms with Gasteiger partial charge in [0.25, 0.3) is 0 Å². The van der Waals surface area contributed by atoms with Crippen LogP contribution >= 0.6 is 0 Å². The Morgan fingerprint density at radius 2 is 0.623 bits per heavy atom. The second-order valence-electron chi connectivity index (χ2n) is 13.7. The Kier molecular flexibility index (Phi) is 7.55. The van der Waals surface area contributed by atoms with Crippen LogP contribution in [0.15, 0.2) is 212 Å². The molecule has 0 saturated heterocycles. The van der Waals surface area contributed by atoms with Gasteiger partial charge in [0, 0.05) is 17.1 Å². The third kappa shape index (κ3) is 5.42. The standard InChI is InChI=1S/C52H35N/c1-3-14-39(15-4-1)51-48-21-11-9-19-46(48)47-20-10-12-22-49(47)52(51)40-29-33-44(34-30-40)53(42-16-5-2-6-17-42)43-31-27-36(28-32-43)41-26-25-38-24-23-37-13-7-8-18-45(37)50(38)35-41/h1-35H. The van der Waals surface area contributed by atoms with Crippen LogP contribution in [-0.4, -0.2) is 0 Å². The fraction of sp³-hybridized carbons (Fsp3) is 0. The van der Waals surface area contributed by atoms with Crippen molar-refractivity contribution in [2.45, 2.75) is 0 Å². The normalized spacial score (nSPS) is 11.4. The summed E-state index contributed by atoms with van der Waals surface area (Å²) in [6.07, 6.45) is 0. The fourth-order valence-electron chi connectivity index (χ4n) is 8.13. The van der Waals surface area contributed by atoms with Crippen LogP contribution in [-0.2, 0) is 0 Å². The van der Waals surface area contributed by atoms with E-state index in [1.807, 2.05) is 0 Å². The van der Waals surface area contributed by atoms with Crippen LogP contribution in [0.3, 0.4) is 0 Å². The van der Waals surface area contributed by atoms with Gasteiger partial charge in [-0.2, -0.15) is 0 Å². The predicted octanol–water partition coefficient (Wildman–Crippen LogP) is 14.8. The molecule has 0 saturated carbocycles. The highest BCUT2D eigenvalue weighted by Crippen LogP contribution is 2.45. The molecule has 0 heterocycles. The summed E-state index contributed by atoms with van der Waals surface area (Å²) in [6.45, 7) is 0. The van der Waals surface area contributed by atoms with Crippen molar-refractivity contribution < 1.29 is 0 Å². The van der Waals surface area contributed by atoms with E-state index in [1.54, 1.807) is 0 Å². The first-order valence-electron chi connectivity index (χ1n) is 18.3. The molecule has 1 heteroatoms. The number of hydrogen-bond donors (Lipinski definition) is 0. The summed E-state index contributed by atoms with van der Waals surface area (Å²) in [5.74, 6) is 0. The maximum absolute atomic E-state index is 2.35. The van der Waals surface area contributed by atoms with E-state index in [-0.39, 0.29) is 0 Å². The van der Waals surface area contributed by atoms with E-state index in [4.69, 9.17) is 0 Å². The Hall–Kier alpha value is -6.96. The number of rotatable bonds is 6. The Balaban J connectivity index is 1.08. The minimum absolute atomic E-state index is 1.11. The van der Waals surface area contributed by atoms with E-state index in [1.165, 1.54) is 76.5 Å². The SMILES string of the molecule is c1ccc(-c2c(-c3ccc(N(c4ccccc4)c4ccc(-c5ccc6ccc7ccccc7c6c5)cc4)cc3)c3ccccc3c3ccccc23)cc1. The van der Waals surface area contributed by atoms with Gasteiger partial charge in [0.1, 0.15) is 0 Å².